The molecule has 6 heteroatoms. The smallest absolute Gasteiger partial charge is 0.265 e. The highest BCUT2D eigenvalue weighted by molar-refractivity contribution is 5.94. The molecule has 3 aromatic carbocycles. The number of aromatic nitrogens is 1. The molecule has 0 aliphatic carbocycles. The number of anilines is 1. The average Bonchev–Trinajstić information content (AvgIpc) is 3.14. The van der Waals surface area contributed by atoms with Crippen LogP contribution >= 0.6 is 0 Å². The minimum absolute atomic E-state index is 0.0384. The monoisotopic (exact) mass is 376 g/mol. The van der Waals surface area contributed by atoms with E-state index in [4.69, 9.17) is 9.15 Å². The van der Waals surface area contributed by atoms with E-state index in [1.54, 1.807) is 31.2 Å². The van der Waals surface area contributed by atoms with Gasteiger partial charge in [0.25, 0.3) is 5.91 Å². The van der Waals surface area contributed by atoms with Crippen LogP contribution in [-0.2, 0) is 4.79 Å². The molecule has 140 valence electrons. The predicted molar refractivity (Wildman–Crippen MR) is 105 cm³/mol. The Morgan fingerprint density at radius 2 is 1.75 bits per heavy atom. The summed E-state index contributed by atoms with van der Waals surface area (Å²) in [4.78, 5) is 16.8. The van der Waals surface area contributed by atoms with E-state index in [9.17, 15) is 9.18 Å². The van der Waals surface area contributed by atoms with Crippen LogP contribution in [0.3, 0.4) is 0 Å². The summed E-state index contributed by atoms with van der Waals surface area (Å²) < 4.78 is 24.8. The number of nitrogens with zero attached hydrogens (tertiary/aromatic N) is 1. The van der Waals surface area contributed by atoms with Crippen molar-refractivity contribution >= 4 is 22.7 Å². The van der Waals surface area contributed by atoms with E-state index >= 15 is 0 Å². The molecule has 0 unspecified atom stereocenters. The van der Waals surface area contributed by atoms with Gasteiger partial charge in [0.2, 0.25) is 5.89 Å². The van der Waals surface area contributed by atoms with Crippen molar-refractivity contribution < 1.29 is 18.3 Å². The molecule has 0 saturated carbocycles. The Hall–Kier alpha value is -3.67. The zero-order chi connectivity index (χ0) is 19.5. The lowest BCUT2D eigenvalue weighted by atomic mass is 10.2. The van der Waals surface area contributed by atoms with Crippen LogP contribution < -0.4 is 10.1 Å². The maximum absolute atomic E-state index is 13.7. The average molecular weight is 376 g/mol. The number of carbonyl (C=O) groups is 1. The first-order valence-corrected chi connectivity index (χ1v) is 8.78. The third-order valence-corrected chi connectivity index (χ3v) is 4.20. The Kier molecular flexibility index (Phi) is 4.76. The van der Waals surface area contributed by atoms with Crippen LogP contribution in [-0.4, -0.2) is 17.0 Å². The van der Waals surface area contributed by atoms with E-state index in [-0.39, 0.29) is 11.7 Å². The summed E-state index contributed by atoms with van der Waals surface area (Å²) in [6.07, 6.45) is -0.853. The number of rotatable bonds is 5. The highest BCUT2D eigenvalue weighted by Crippen LogP contribution is 2.25. The Morgan fingerprint density at radius 3 is 2.50 bits per heavy atom. The molecule has 5 nitrogen and oxygen atoms in total. The third-order valence-electron chi connectivity index (χ3n) is 4.20. The standard InChI is InChI=1S/C22H17FN2O3/c1-14(27-19-8-4-2-6-17(19)23)21(26)24-16-12-10-15(11-13-16)22-25-18-7-3-5-9-20(18)28-22/h2-14H,1H3,(H,24,26)/t14-/m1/s1. The number of oxazole rings is 1. The second-order valence-corrected chi connectivity index (χ2v) is 6.24. The maximum atomic E-state index is 13.7. The fourth-order valence-corrected chi connectivity index (χ4v) is 2.72. The summed E-state index contributed by atoms with van der Waals surface area (Å²) in [5, 5.41) is 2.75. The van der Waals surface area contributed by atoms with Crippen molar-refractivity contribution in [3.8, 4) is 17.2 Å². The number of benzene rings is 3. The van der Waals surface area contributed by atoms with Gasteiger partial charge in [-0.3, -0.25) is 4.79 Å². The maximum Gasteiger partial charge on any atom is 0.265 e. The van der Waals surface area contributed by atoms with Gasteiger partial charge in [-0.15, -0.1) is 0 Å². The van der Waals surface area contributed by atoms with Crippen molar-refractivity contribution in [3.63, 3.8) is 0 Å². The van der Waals surface area contributed by atoms with E-state index in [1.807, 2.05) is 36.4 Å². The number of hydrogen-bond donors (Lipinski definition) is 1. The summed E-state index contributed by atoms with van der Waals surface area (Å²) in [5.41, 5.74) is 2.89. The molecule has 1 heterocycles. The molecule has 1 aromatic heterocycles. The lowest BCUT2D eigenvalue weighted by Gasteiger charge is -2.15. The van der Waals surface area contributed by atoms with E-state index in [0.29, 0.717) is 17.2 Å². The zero-order valence-corrected chi connectivity index (χ0v) is 15.1. The van der Waals surface area contributed by atoms with Crippen molar-refractivity contribution in [2.24, 2.45) is 0 Å². The summed E-state index contributed by atoms with van der Waals surface area (Å²) in [7, 11) is 0. The van der Waals surface area contributed by atoms with E-state index in [2.05, 4.69) is 10.3 Å². The van der Waals surface area contributed by atoms with Crippen LogP contribution in [0.25, 0.3) is 22.6 Å². The molecule has 0 saturated heterocycles. The molecule has 0 fully saturated rings. The van der Waals surface area contributed by atoms with Crippen LogP contribution in [0.5, 0.6) is 5.75 Å². The van der Waals surface area contributed by atoms with Gasteiger partial charge in [0.1, 0.15) is 5.52 Å². The van der Waals surface area contributed by atoms with Crippen molar-refractivity contribution in [1.82, 2.24) is 4.98 Å². The van der Waals surface area contributed by atoms with Gasteiger partial charge < -0.3 is 14.5 Å². The van der Waals surface area contributed by atoms with E-state index in [1.165, 1.54) is 12.1 Å². The van der Waals surface area contributed by atoms with Gasteiger partial charge in [-0.05, 0) is 55.5 Å². The lowest BCUT2D eigenvalue weighted by molar-refractivity contribution is -0.122. The van der Waals surface area contributed by atoms with Crippen LogP contribution in [0.1, 0.15) is 6.92 Å². The highest BCUT2D eigenvalue weighted by Gasteiger charge is 2.17. The quantitative estimate of drug-likeness (QED) is 0.530. The fraction of sp³-hybridized carbons (Fsp3) is 0.0909. The highest BCUT2D eigenvalue weighted by atomic mass is 19.1. The molecule has 4 aromatic rings. The molecule has 0 spiro atoms. The van der Waals surface area contributed by atoms with Crippen molar-refractivity contribution in [2.45, 2.75) is 13.0 Å². The van der Waals surface area contributed by atoms with E-state index in [0.717, 1.165) is 11.1 Å². The first-order chi connectivity index (χ1) is 13.6. The SMILES string of the molecule is C[C@@H](Oc1ccccc1F)C(=O)Nc1ccc(-c2nc3ccccc3o2)cc1. The molecule has 1 amide bonds. The first-order valence-electron chi connectivity index (χ1n) is 8.78. The summed E-state index contributed by atoms with van der Waals surface area (Å²) in [6, 6.07) is 20.6. The van der Waals surface area contributed by atoms with Gasteiger partial charge in [0, 0.05) is 11.3 Å². The molecular formula is C22H17FN2O3. The van der Waals surface area contributed by atoms with Gasteiger partial charge >= 0.3 is 0 Å². The van der Waals surface area contributed by atoms with Gasteiger partial charge in [-0.1, -0.05) is 24.3 Å². The minimum atomic E-state index is -0.853. The van der Waals surface area contributed by atoms with Gasteiger partial charge in [-0.2, -0.15) is 0 Å². The zero-order valence-electron chi connectivity index (χ0n) is 15.1. The predicted octanol–water partition coefficient (Wildman–Crippen LogP) is 5.04. The van der Waals surface area contributed by atoms with Gasteiger partial charge in [0.05, 0.1) is 0 Å². The number of halogens is 1. The number of carbonyl (C=O) groups excluding carboxylic acids is 1. The number of ether oxygens (including phenoxy) is 1. The van der Waals surface area contributed by atoms with Gasteiger partial charge in [0.15, 0.2) is 23.3 Å². The molecule has 4 rings (SSSR count). The Labute approximate surface area is 160 Å². The Bertz CT molecular complexity index is 1090. The molecule has 1 N–H and O–H groups in total. The summed E-state index contributed by atoms with van der Waals surface area (Å²) >= 11 is 0. The Morgan fingerprint density at radius 1 is 1.04 bits per heavy atom. The van der Waals surface area contributed by atoms with Crippen LogP contribution in [0.4, 0.5) is 10.1 Å². The molecule has 28 heavy (non-hydrogen) atoms. The molecule has 0 bridgehead atoms. The lowest BCUT2D eigenvalue weighted by Crippen LogP contribution is -2.30. The van der Waals surface area contributed by atoms with E-state index < -0.39 is 11.9 Å². The van der Waals surface area contributed by atoms with Crippen LogP contribution in [0.15, 0.2) is 77.2 Å². The second kappa shape index (κ2) is 7.52. The number of amides is 1. The largest absolute Gasteiger partial charge is 0.478 e. The number of hydrogen-bond acceptors (Lipinski definition) is 4. The first kappa shape index (κ1) is 17.7. The molecule has 0 aliphatic heterocycles. The van der Waals surface area contributed by atoms with Crippen molar-refractivity contribution in [2.75, 3.05) is 5.32 Å². The summed E-state index contributed by atoms with van der Waals surface area (Å²) in [6.45, 7) is 1.56. The number of fused-ring (bicyclic) bond motifs is 1. The molecule has 1 atom stereocenters. The van der Waals surface area contributed by atoms with Crippen molar-refractivity contribution in [3.05, 3.63) is 78.6 Å². The second-order valence-electron chi connectivity index (χ2n) is 6.24. The number of nitrogens with one attached hydrogen (secondary N) is 1. The topological polar surface area (TPSA) is 64.4 Å². The summed E-state index contributed by atoms with van der Waals surface area (Å²) in [5.74, 6) is -0.338. The van der Waals surface area contributed by atoms with Crippen molar-refractivity contribution in [1.29, 1.82) is 0 Å². The number of para-hydroxylation sites is 3. The molecular weight excluding hydrogens is 359 g/mol. The third kappa shape index (κ3) is 3.71. The molecule has 0 aliphatic rings. The molecule has 0 radical (unpaired) electrons. The fourth-order valence-electron chi connectivity index (χ4n) is 2.72. The van der Waals surface area contributed by atoms with Crippen LogP contribution in [0, 0.1) is 5.82 Å². The minimum Gasteiger partial charge on any atom is -0.478 e. The normalized spacial score (nSPS) is 11.9. The Balaban J connectivity index is 1.43. The van der Waals surface area contributed by atoms with Crippen LogP contribution in [0.2, 0.25) is 0 Å². The van der Waals surface area contributed by atoms with Gasteiger partial charge in [-0.25, -0.2) is 9.37 Å².